The van der Waals surface area contributed by atoms with Crippen molar-refractivity contribution in [2.24, 2.45) is 0 Å². The van der Waals surface area contributed by atoms with E-state index in [2.05, 4.69) is 10.6 Å². The van der Waals surface area contributed by atoms with Crippen LogP contribution in [0.15, 0.2) is 65.6 Å². The molecule has 0 atom stereocenters. The van der Waals surface area contributed by atoms with Gasteiger partial charge in [-0.05, 0) is 55.3 Å². The Morgan fingerprint density at radius 2 is 1.84 bits per heavy atom. The van der Waals surface area contributed by atoms with E-state index in [0.29, 0.717) is 28.7 Å². The number of fused-ring (bicyclic) bond motifs is 1. The molecule has 3 amide bonds. The summed E-state index contributed by atoms with van der Waals surface area (Å²) in [5, 5.41) is 6.27. The van der Waals surface area contributed by atoms with Crippen LogP contribution in [0, 0.1) is 13.8 Å². The lowest BCUT2D eigenvalue weighted by Crippen LogP contribution is -2.34. The van der Waals surface area contributed by atoms with Gasteiger partial charge in [-0.3, -0.25) is 4.79 Å². The summed E-state index contributed by atoms with van der Waals surface area (Å²) in [5.41, 5.74) is 5.10. The predicted molar refractivity (Wildman–Crippen MR) is 128 cm³/mol. The fourth-order valence-corrected chi connectivity index (χ4v) is 4.45. The number of benzene rings is 3. The molecule has 0 saturated carbocycles. The van der Waals surface area contributed by atoms with Crippen LogP contribution in [0.4, 0.5) is 21.9 Å². The maximum atomic E-state index is 12.7. The van der Waals surface area contributed by atoms with Crippen LogP contribution in [0.2, 0.25) is 5.02 Å². The molecule has 1 aliphatic heterocycles. The molecule has 0 aliphatic carbocycles. The predicted octanol–water partition coefficient (Wildman–Crippen LogP) is 6.24. The smallest absolute Gasteiger partial charge is 0.308 e. The molecular weight excluding hydrogens is 430 g/mol. The van der Waals surface area contributed by atoms with Crippen molar-refractivity contribution in [3.05, 3.63) is 82.4 Å². The summed E-state index contributed by atoms with van der Waals surface area (Å²) in [6, 6.07) is 18.8. The van der Waals surface area contributed by atoms with Crippen molar-refractivity contribution < 1.29 is 9.59 Å². The first-order chi connectivity index (χ1) is 14.9. The second-order valence-electron chi connectivity index (χ2n) is 7.43. The summed E-state index contributed by atoms with van der Waals surface area (Å²) < 4.78 is 0. The van der Waals surface area contributed by atoms with Gasteiger partial charge in [-0.25, -0.2) is 4.79 Å². The Bertz CT molecular complexity index is 1150. The molecule has 2 N–H and O–H groups in total. The lowest BCUT2D eigenvalue weighted by atomic mass is 10.1. The fourth-order valence-electron chi connectivity index (χ4n) is 3.36. The Morgan fingerprint density at radius 3 is 2.61 bits per heavy atom. The van der Waals surface area contributed by atoms with Crippen LogP contribution in [-0.4, -0.2) is 17.7 Å². The van der Waals surface area contributed by atoms with Crippen molar-refractivity contribution in [3.63, 3.8) is 0 Å². The van der Waals surface area contributed by atoms with Gasteiger partial charge in [-0.2, -0.15) is 0 Å². The lowest BCUT2D eigenvalue weighted by Gasteiger charge is -2.29. The quantitative estimate of drug-likeness (QED) is 0.493. The Labute approximate surface area is 190 Å². The minimum absolute atomic E-state index is 0.0502. The lowest BCUT2D eigenvalue weighted by molar-refractivity contribution is -0.116. The summed E-state index contributed by atoms with van der Waals surface area (Å²) in [6.45, 7) is 4.38. The van der Waals surface area contributed by atoms with Crippen molar-refractivity contribution in [1.82, 2.24) is 0 Å². The Balaban J connectivity index is 1.54. The molecule has 5 nitrogen and oxygen atoms in total. The van der Waals surface area contributed by atoms with E-state index < -0.39 is 0 Å². The summed E-state index contributed by atoms with van der Waals surface area (Å²) >= 11 is 7.64. The van der Waals surface area contributed by atoms with Gasteiger partial charge in [0.15, 0.2) is 0 Å². The van der Waals surface area contributed by atoms with Gasteiger partial charge in [0.05, 0.1) is 18.0 Å². The minimum atomic E-state index is -0.370. The molecule has 0 saturated heterocycles. The van der Waals surface area contributed by atoms with Crippen molar-refractivity contribution >= 4 is 52.4 Å². The standard InChI is InChI=1S/C24H22ClN3O2S/c1-15-6-8-17(9-7-15)13-28-21-12-18(10-11-22(21)31-14-23(28)29)26-24(30)27-20-5-3-4-19(25)16(20)2/h3-12H,13-14H2,1-2H3,(H2,26,27,30). The van der Waals surface area contributed by atoms with Crippen LogP contribution in [0.3, 0.4) is 0 Å². The zero-order valence-corrected chi connectivity index (χ0v) is 18.8. The number of aryl methyl sites for hydroxylation is 1. The SMILES string of the molecule is Cc1ccc(CN2C(=O)CSc3ccc(NC(=O)Nc4cccc(Cl)c4C)cc32)cc1. The Morgan fingerprint density at radius 1 is 1.06 bits per heavy atom. The topological polar surface area (TPSA) is 61.4 Å². The molecule has 0 unspecified atom stereocenters. The summed E-state index contributed by atoms with van der Waals surface area (Å²) in [7, 11) is 0. The van der Waals surface area contributed by atoms with Crippen LogP contribution in [-0.2, 0) is 11.3 Å². The van der Waals surface area contributed by atoms with Crippen LogP contribution in [0.25, 0.3) is 0 Å². The van der Waals surface area contributed by atoms with Crippen LogP contribution in [0.1, 0.15) is 16.7 Å². The molecule has 0 spiro atoms. The van der Waals surface area contributed by atoms with Crippen molar-refractivity contribution in [3.8, 4) is 0 Å². The fraction of sp³-hybridized carbons (Fsp3) is 0.167. The number of anilines is 3. The third kappa shape index (κ3) is 4.86. The van der Waals surface area contributed by atoms with Gasteiger partial charge in [0.25, 0.3) is 0 Å². The van der Waals surface area contributed by atoms with Crippen LogP contribution < -0.4 is 15.5 Å². The zero-order chi connectivity index (χ0) is 22.0. The van der Waals surface area contributed by atoms with Gasteiger partial charge in [0, 0.05) is 21.3 Å². The second-order valence-corrected chi connectivity index (χ2v) is 8.85. The van der Waals surface area contributed by atoms with Gasteiger partial charge in [-0.15, -0.1) is 11.8 Å². The average molecular weight is 452 g/mol. The second kappa shape index (κ2) is 9.04. The molecule has 3 aromatic rings. The van der Waals surface area contributed by atoms with Gasteiger partial charge in [0.1, 0.15) is 0 Å². The van der Waals surface area contributed by atoms with Gasteiger partial charge >= 0.3 is 6.03 Å². The molecule has 1 aliphatic rings. The molecule has 0 fully saturated rings. The van der Waals surface area contributed by atoms with Gasteiger partial charge < -0.3 is 15.5 Å². The van der Waals surface area contributed by atoms with E-state index >= 15 is 0 Å². The van der Waals surface area contributed by atoms with Crippen molar-refractivity contribution in [2.75, 3.05) is 21.3 Å². The highest BCUT2D eigenvalue weighted by Crippen LogP contribution is 2.38. The van der Waals surface area contributed by atoms with E-state index in [-0.39, 0.29) is 11.9 Å². The third-order valence-electron chi connectivity index (χ3n) is 5.14. The van der Waals surface area contributed by atoms with E-state index in [4.69, 9.17) is 11.6 Å². The number of amides is 3. The molecule has 0 radical (unpaired) electrons. The highest BCUT2D eigenvalue weighted by atomic mass is 35.5. The number of carbonyl (C=O) groups excluding carboxylic acids is 2. The highest BCUT2D eigenvalue weighted by molar-refractivity contribution is 8.00. The Kier molecular flexibility index (Phi) is 6.20. The van der Waals surface area contributed by atoms with Crippen molar-refractivity contribution in [1.29, 1.82) is 0 Å². The zero-order valence-electron chi connectivity index (χ0n) is 17.2. The average Bonchev–Trinajstić information content (AvgIpc) is 2.75. The number of nitrogens with zero attached hydrogens (tertiary/aromatic N) is 1. The number of rotatable bonds is 4. The number of carbonyl (C=O) groups is 2. The van der Waals surface area contributed by atoms with E-state index in [0.717, 1.165) is 21.7 Å². The summed E-state index contributed by atoms with van der Waals surface area (Å²) in [6.07, 6.45) is 0. The number of urea groups is 1. The van der Waals surface area contributed by atoms with Gasteiger partial charge in [0.2, 0.25) is 5.91 Å². The number of halogens is 1. The minimum Gasteiger partial charge on any atom is -0.308 e. The summed E-state index contributed by atoms with van der Waals surface area (Å²) in [5.74, 6) is 0.453. The molecule has 158 valence electrons. The van der Waals surface area contributed by atoms with E-state index in [9.17, 15) is 9.59 Å². The maximum absolute atomic E-state index is 12.7. The molecule has 1 heterocycles. The first-order valence-electron chi connectivity index (χ1n) is 9.86. The van der Waals surface area contributed by atoms with Crippen LogP contribution in [0.5, 0.6) is 0 Å². The van der Waals surface area contributed by atoms with E-state index in [1.807, 2.05) is 56.3 Å². The molecule has 3 aromatic carbocycles. The molecule has 7 heteroatoms. The van der Waals surface area contributed by atoms with Gasteiger partial charge in [-0.1, -0.05) is 47.5 Å². The van der Waals surface area contributed by atoms with E-state index in [1.54, 1.807) is 23.1 Å². The number of hydrogen-bond acceptors (Lipinski definition) is 3. The Hall–Kier alpha value is -2.96. The third-order valence-corrected chi connectivity index (χ3v) is 6.59. The molecular formula is C24H22ClN3O2S. The number of thioether (sulfide) groups is 1. The van der Waals surface area contributed by atoms with Crippen molar-refractivity contribution in [2.45, 2.75) is 25.3 Å². The summed E-state index contributed by atoms with van der Waals surface area (Å²) in [4.78, 5) is 28.0. The molecule has 0 aromatic heterocycles. The van der Waals surface area contributed by atoms with E-state index in [1.165, 1.54) is 17.3 Å². The molecule has 31 heavy (non-hydrogen) atoms. The largest absolute Gasteiger partial charge is 0.323 e. The first-order valence-corrected chi connectivity index (χ1v) is 11.2. The number of nitrogens with one attached hydrogen (secondary N) is 2. The first kappa shape index (κ1) is 21.3. The molecule has 0 bridgehead atoms. The normalized spacial score (nSPS) is 13.0. The monoisotopic (exact) mass is 451 g/mol. The highest BCUT2D eigenvalue weighted by Gasteiger charge is 2.25. The number of hydrogen-bond donors (Lipinski definition) is 2. The molecule has 4 rings (SSSR count). The maximum Gasteiger partial charge on any atom is 0.323 e. The van der Waals surface area contributed by atoms with Crippen LogP contribution >= 0.6 is 23.4 Å².